The highest BCUT2D eigenvalue weighted by Gasteiger charge is 2.23. The lowest BCUT2D eigenvalue weighted by atomic mass is 10.1. The fourth-order valence-electron chi connectivity index (χ4n) is 4.23. The first-order valence-corrected chi connectivity index (χ1v) is 14.3. The number of piperazine rings is 1. The molecule has 0 radical (unpaired) electrons. The first-order chi connectivity index (χ1) is 19.2. The quantitative estimate of drug-likeness (QED) is 0.139. The summed E-state index contributed by atoms with van der Waals surface area (Å²) >= 11 is 4.67. The van der Waals surface area contributed by atoms with E-state index in [0.29, 0.717) is 60.1 Å². The molecule has 1 heterocycles. The zero-order chi connectivity index (χ0) is 28.6. The van der Waals surface area contributed by atoms with Crippen LogP contribution >= 0.6 is 27.7 Å². The highest BCUT2D eigenvalue weighted by Crippen LogP contribution is 2.29. The Labute approximate surface area is 243 Å². The topological polar surface area (TPSA) is 104 Å². The van der Waals surface area contributed by atoms with Gasteiger partial charge in [-0.3, -0.25) is 24.6 Å². The molecule has 4 rings (SSSR count). The van der Waals surface area contributed by atoms with Crippen molar-refractivity contribution in [3.8, 4) is 0 Å². The SMILES string of the molecule is O=C(C(=Cc1ccc(F)c([N+](=O)[O-])c1)SCc1ccc(Br)cc1)c1ccc(C(=O)N2CCN(CCO)CC2)cc1. The van der Waals surface area contributed by atoms with E-state index in [9.17, 15) is 24.1 Å². The molecule has 1 aliphatic heterocycles. The summed E-state index contributed by atoms with van der Waals surface area (Å²) in [5.41, 5.74) is 1.45. The first kappa shape index (κ1) is 29.6. The Bertz CT molecular complexity index is 1410. The molecule has 1 fully saturated rings. The van der Waals surface area contributed by atoms with E-state index in [1.54, 1.807) is 29.2 Å². The molecule has 0 saturated carbocycles. The number of β-amino-alcohol motifs (C(OH)–C–C–N with tert-alkyl or cyclic N) is 1. The summed E-state index contributed by atoms with van der Waals surface area (Å²) in [6.07, 6.45) is 1.52. The maximum Gasteiger partial charge on any atom is 0.305 e. The lowest BCUT2D eigenvalue weighted by Gasteiger charge is -2.34. The Kier molecular flexibility index (Phi) is 10.2. The number of Topliss-reactive ketones (excluding diaryl/α,β-unsaturated/α-hetero) is 1. The van der Waals surface area contributed by atoms with E-state index < -0.39 is 16.4 Å². The molecule has 0 aliphatic carbocycles. The number of amides is 1. The fraction of sp³-hybridized carbons (Fsp3) is 0.241. The van der Waals surface area contributed by atoms with Gasteiger partial charge in [-0.05, 0) is 47.5 Å². The maximum atomic E-state index is 13.9. The normalized spacial score (nSPS) is 14.3. The van der Waals surface area contributed by atoms with Crippen molar-refractivity contribution in [2.75, 3.05) is 39.3 Å². The van der Waals surface area contributed by atoms with Crippen LogP contribution in [0.4, 0.5) is 10.1 Å². The highest BCUT2D eigenvalue weighted by atomic mass is 79.9. The Morgan fingerprint density at radius 3 is 2.27 bits per heavy atom. The molecule has 40 heavy (non-hydrogen) atoms. The molecule has 1 saturated heterocycles. The molecule has 0 atom stereocenters. The fourth-order valence-corrected chi connectivity index (χ4v) is 5.48. The number of thioether (sulfide) groups is 1. The van der Waals surface area contributed by atoms with Gasteiger partial charge in [0.05, 0.1) is 16.4 Å². The van der Waals surface area contributed by atoms with Crippen LogP contribution in [0.15, 0.2) is 76.1 Å². The number of halogens is 2. The van der Waals surface area contributed by atoms with Crippen LogP contribution in [0.25, 0.3) is 6.08 Å². The number of nitrogens with zero attached hydrogens (tertiary/aromatic N) is 3. The average Bonchev–Trinajstić information content (AvgIpc) is 2.96. The number of nitro groups is 1. The van der Waals surface area contributed by atoms with Gasteiger partial charge in [0.15, 0.2) is 5.78 Å². The van der Waals surface area contributed by atoms with E-state index in [1.807, 2.05) is 24.3 Å². The van der Waals surface area contributed by atoms with Crippen molar-refractivity contribution in [1.29, 1.82) is 0 Å². The van der Waals surface area contributed by atoms with Gasteiger partial charge in [-0.2, -0.15) is 4.39 Å². The maximum absolute atomic E-state index is 13.9. The number of hydrogen-bond acceptors (Lipinski definition) is 7. The van der Waals surface area contributed by atoms with Crippen LogP contribution in [-0.4, -0.2) is 70.9 Å². The minimum absolute atomic E-state index is 0.0827. The Hall–Kier alpha value is -3.38. The number of ketones is 1. The van der Waals surface area contributed by atoms with Crippen LogP contribution in [-0.2, 0) is 5.75 Å². The van der Waals surface area contributed by atoms with Crippen LogP contribution in [0.3, 0.4) is 0 Å². The molecule has 0 unspecified atom stereocenters. The number of rotatable bonds is 10. The van der Waals surface area contributed by atoms with Crippen molar-refractivity contribution >= 4 is 51.1 Å². The van der Waals surface area contributed by atoms with Gasteiger partial charge in [-0.1, -0.05) is 46.3 Å². The number of hydrogen-bond donors (Lipinski definition) is 1. The summed E-state index contributed by atoms with van der Waals surface area (Å²) < 4.78 is 14.8. The number of aliphatic hydroxyl groups is 1. The molecule has 11 heteroatoms. The van der Waals surface area contributed by atoms with Gasteiger partial charge < -0.3 is 10.0 Å². The molecule has 3 aromatic rings. The van der Waals surface area contributed by atoms with E-state index in [1.165, 1.54) is 23.9 Å². The number of carbonyl (C=O) groups excluding carboxylic acids is 2. The number of nitro benzene ring substituents is 1. The van der Waals surface area contributed by atoms with Crippen molar-refractivity contribution in [3.63, 3.8) is 0 Å². The third-order valence-corrected chi connectivity index (χ3v) is 8.09. The predicted molar refractivity (Wildman–Crippen MR) is 157 cm³/mol. The standard InChI is InChI=1S/C29H27BrFN3O5S/c30-24-8-1-20(2-9-24)19-40-27(18-21-3-10-25(31)26(17-21)34(38)39)28(36)22-4-6-23(7-5-22)29(37)33-13-11-32(12-14-33)15-16-35/h1-10,17-18,35H,11-16,19H2. The molecule has 0 aromatic heterocycles. The number of allylic oxidation sites excluding steroid dienone is 1. The summed E-state index contributed by atoms with van der Waals surface area (Å²) in [5.74, 6) is -0.924. The molecular weight excluding hydrogens is 601 g/mol. The highest BCUT2D eigenvalue weighted by molar-refractivity contribution is 9.10. The Morgan fingerprint density at radius 1 is 1.00 bits per heavy atom. The van der Waals surface area contributed by atoms with Crippen LogP contribution < -0.4 is 0 Å². The zero-order valence-electron chi connectivity index (χ0n) is 21.5. The van der Waals surface area contributed by atoms with Gasteiger partial charge in [0, 0.05) is 60.1 Å². The first-order valence-electron chi connectivity index (χ1n) is 12.6. The molecule has 1 amide bonds. The largest absolute Gasteiger partial charge is 0.395 e. The van der Waals surface area contributed by atoms with Crippen molar-refractivity contribution in [3.05, 3.63) is 114 Å². The minimum Gasteiger partial charge on any atom is -0.395 e. The molecular formula is C29H27BrFN3O5S. The Morgan fingerprint density at radius 2 is 1.65 bits per heavy atom. The van der Waals surface area contributed by atoms with Gasteiger partial charge in [0.2, 0.25) is 5.82 Å². The molecule has 0 bridgehead atoms. The molecule has 8 nitrogen and oxygen atoms in total. The van der Waals surface area contributed by atoms with Crippen molar-refractivity contribution < 1.29 is 24.0 Å². The smallest absolute Gasteiger partial charge is 0.305 e. The van der Waals surface area contributed by atoms with E-state index >= 15 is 0 Å². The van der Waals surface area contributed by atoms with Crippen LogP contribution in [0.2, 0.25) is 0 Å². The predicted octanol–water partition coefficient (Wildman–Crippen LogP) is 5.40. The lowest BCUT2D eigenvalue weighted by molar-refractivity contribution is -0.387. The van der Waals surface area contributed by atoms with Crippen molar-refractivity contribution in [2.24, 2.45) is 0 Å². The van der Waals surface area contributed by atoms with Crippen LogP contribution in [0.1, 0.15) is 31.8 Å². The van der Waals surface area contributed by atoms with Gasteiger partial charge in [-0.15, -0.1) is 11.8 Å². The lowest BCUT2D eigenvalue weighted by Crippen LogP contribution is -2.49. The summed E-state index contributed by atoms with van der Waals surface area (Å²) in [6, 6.07) is 17.6. The summed E-state index contributed by atoms with van der Waals surface area (Å²) in [6.45, 7) is 3.16. The van der Waals surface area contributed by atoms with Crippen LogP contribution in [0.5, 0.6) is 0 Å². The summed E-state index contributed by atoms with van der Waals surface area (Å²) in [5, 5.41) is 20.3. The average molecular weight is 629 g/mol. The summed E-state index contributed by atoms with van der Waals surface area (Å²) in [7, 11) is 0. The minimum atomic E-state index is -0.951. The van der Waals surface area contributed by atoms with E-state index in [2.05, 4.69) is 20.8 Å². The van der Waals surface area contributed by atoms with Gasteiger partial charge in [0.25, 0.3) is 5.91 Å². The molecule has 1 N–H and O–H groups in total. The monoisotopic (exact) mass is 627 g/mol. The van der Waals surface area contributed by atoms with E-state index in [4.69, 9.17) is 5.11 Å². The van der Waals surface area contributed by atoms with E-state index in [-0.39, 0.29) is 18.3 Å². The summed E-state index contributed by atoms with van der Waals surface area (Å²) in [4.78, 5) is 41.2. The van der Waals surface area contributed by atoms with Crippen molar-refractivity contribution in [2.45, 2.75) is 5.75 Å². The third-order valence-electron chi connectivity index (χ3n) is 6.47. The zero-order valence-corrected chi connectivity index (χ0v) is 23.9. The number of aliphatic hydroxyl groups excluding tert-OH is 1. The second-order valence-electron chi connectivity index (χ2n) is 9.16. The molecule has 1 aliphatic rings. The van der Waals surface area contributed by atoms with Gasteiger partial charge >= 0.3 is 5.69 Å². The molecule has 208 valence electrons. The van der Waals surface area contributed by atoms with Gasteiger partial charge in [0.1, 0.15) is 0 Å². The van der Waals surface area contributed by atoms with Gasteiger partial charge in [-0.25, -0.2) is 0 Å². The second kappa shape index (κ2) is 13.8. The second-order valence-corrected chi connectivity index (χ2v) is 11.1. The molecule has 0 spiro atoms. The van der Waals surface area contributed by atoms with Crippen LogP contribution in [0, 0.1) is 15.9 Å². The number of benzene rings is 3. The number of carbonyl (C=O) groups is 2. The van der Waals surface area contributed by atoms with E-state index in [0.717, 1.165) is 22.2 Å². The third kappa shape index (κ3) is 7.63. The van der Waals surface area contributed by atoms with Crippen molar-refractivity contribution in [1.82, 2.24) is 9.80 Å². The molecule has 3 aromatic carbocycles. The Balaban J connectivity index is 1.55.